The normalized spacial score (nSPS) is 10.6. The van der Waals surface area contributed by atoms with E-state index >= 15 is 0 Å². The number of hydrogen-bond acceptors (Lipinski definition) is 3. The predicted octanol–water partition coefficient (Wildman–Crippen LogP) is 2.03. The summed E-state index contributed by atoms with van der Waals surface area (Å²) in [5.41, 5.74) is 1.16. The molecule has 4 nitrogen and oxygen atoms in total. The van der Waals surface area contributed by atoms with Crippen molar-refractivity contribution in [3.05, 3.63) is 42.0 Å². The predicted molar refractivity (Wildman–Crippen MR) is 80.9 cm³/mol. The number of fused-ring (bicyclic) bond motifs is 1. The second kappa shape index (κ2) is 6.39. The Morgan fingerprint density at radius 1 is 1.15 bits per heavy atom. The van der Waals surface area contributed by atoms with Gasteiger partial charge in [-0.3, -0.25) is 4.79 Å². The van der Waals surface area contributed by atoms with Crippen LogP contribution < -0.4 is 10.1 Å². The van der Waals surface area contributed by atoms with E-state index in [9.17, 15) is 4.79 Å². The molecule has 0 saturated heterocycles. The molecule has 2 rings (SSSR count). The molecule has 1 N–H and O–H groups in total. The second-order valence-electron chi connectivity index (χ2n) is 4.86. The average Bonchev–Trinajstić information content (AvgIpc) is 2.47. The van der Waals surface area contributed by atoms with Crippen LogP contribution in [0.3, 0.4) is 0 Å². The first-order chi connectivity index (χ1) is 9.63. The molecule has 2 aromatic rings. The van der Waals surface area contributed by atoms with Crippen molar-refractivity contribution < 1.29 is 9.53 Å². The molecule has 4 heteroatoms. The molecule has 0 aliphatic rings. The van der Waals surface area contributed by atoms with Crippen molar-refractivity contribution in [2.75, 3.05) is 27.7 Å². The molecular formula is C16H20N2O2. The SMILES string of the molecule is COc1ccc(CNCC(=O)N(C)C)c2ccccc12. The number of rotatable bonds is 5. The first kappa shape index (κ1) is 14.3. The highest BCUT2D eigenvalue weighted by atomic mass is 16.5. The van der Waals surface area contributed by atoms with Crippen LogP contribution in [0.5, 0.6) is 5.75 Å². The van der Waals surface area contributed by atoms with Crippen LogP contribution in [0.2, 0.25) is 0 Å². The summed E-state index contributed by atoms with van der Waals surface area (Å²) in [6.45, 7) is 0.997. The first-order valence-electron chi connectivity index (χ1n) is 6.59. The number of amides is 1. The van der Waals surface area contributed by atoms with E-state index in [1.807, 2.05) is 30.3 Å². The van der Waals surface area contributed by atoms with Crippen molar-refractivity contribution >= 4 is 16.7 Å². The van der Waals surface area contributed by atoms with E-state index < -0.39 is 0 Å². The van der Waals surface area contributed by atoms with Gasteiger partial charge >= 0.3 is 0 Å². The molecule has 0 aliphatic heterocycles. The lowest BCUT2D eigenvalue weighted by Gasteiger charge is -2.13. The summed E-state index contributed by atoms with van der Waals surface area (Å²) in [5, 5.41) is 5.42. The third kappa shape index (κ3) is 3.08. The lowest BCUT2D eigenvalue weighted by Crippen LogP contribution is -2.32. The van der Waals surface area contributed by atoms with Crippen molar-refractivity contribution in [1.82, 2.24) is 10.2 Å². The summed E-state index contributed by atoms with van der Waals surface area (Å²) in [4.78, 5) is 13.1. The minimum absolute atomic E-state index is 0.0721. The summed E-state index contributed by atoms with van der Waals surface area (Å²) >= 11 is 0. The van der Waals surface area contributed by atoms with Crippen LogP contribution in [-0.4, -0.2) is 38.6 Å². The summed E-state index contributed by atoms with van der Waals surface area (Å²) in [6.07, 6.45) is 0. The van der Waals surface area contributed by atoms with Gasteiger partial charge in [0.1, 0.15) is 5.75 Å². The molecule has 0 atom stereocenters. The standard InChI is InChI=1S/C16H20N2O2/c1-18(2)16(19)11-17-10-12-8-9-15(20-3)14-7-5-4-6-13(12)14/h4-9,17H,10-11H2,1-3H3. The fourth-order valence-corrected chi connectivity index (χ4v) is 2.13. The molecule has 0 saturated carbocycles. The van der Waals surface area contributed by atoms with Crippen LogP contribution in [0.4, 0.5) is 0 Å². The monoisotopic (exact) mass is 272 g/mol. The number of likely N-dealkylation sites (N-methyl/N-ethyl adjacent to an activating group) is 1. The molecule has 0 fully saturated rings. The van der Waals surface area contributed by atoms with Crippen LogP contribution in [0.1, 0.15) is 5.56 Å². The third-order valence-corrected chi connectivity index (χ3v) is 3.28. The quantitative estimate of drug-likeness (QED) is 0.905. The maximum absolute atomic E-state index is 11.5. The fraction of sp³-hybridized carbons (Fsp3) is 0.312. The Hall–Kier alpha value is -2.07. The summed E-state index contributed by atoms with van der Waals surface area (Å²) in [7, 11) is 5.19. The summed E-state index contributed by atoms with van der Waals surface area (Å²) in [5.74, 6) is 0.941. The van der Waals surface area contributed by atoms with E-state index in [0.717, 1.165) is 22.1 Å². The molecular weight excluding hydrogens is 252 g/mol. The van der Waals surface area contributed by atoms with E-state index in [0.29, 0.717) is 13.1 Å². The van der Waals surface area contributed by atoms with E-state index in [4.69, 9.17) is 4.74 Å². The number of hydrogen-bond donors (Lipinski definition) is 1. The highest BCUT2D eigenvalue weighted by Crippen LogP contribution is 2.28. The molecule has 0 spiro atoms. The van der Waals surface area contributed by atoms with Gasteiger partial charge in [-0.2, -0.15) is 0 Å². The Morgan fingerprint density at radius 3 is 2.50 bits per heavy atom. The highest BCUT2D eigenvalue weighted by Gasteiger charge is 2.07. The summed E-state index contributed by atoms with van der Waals surface area (Å²) in [6, 6.07) is 12.1. The Balaban J connectivity index is 2.17. The van der Waals surface area contributed by atoms with E-state index in [1.165, 1.54) is 0 Å². The van der Waals surface area contributed by atoms with Gasteiger partial charge in [0.15, 0.2) is 0 Å². The van der Waals surface area contributed by atoms with Crippen molar-refractivity contribution in [1.29, 1.82) is 0 Å². The first-order valence-corrected chi connectivity index (χ1v) is 6.59. The van der Waals surface area contributed by atoms with Crippen molar-refractivity contribution in [3.63, 3.8) is 0 Å². The van der Waals surface area contributed by atoms with Gasteiger partial charge in [0.25, 0.3) is 0 Å². The van der Waals surface area contributed by atoms with Crippen LogP contribution in [0.25, 0.3) is 10.8 Å². The number of benzene rings is 2. The van der Waals surface area contributed by atoms with Crippen LogP contribution in [-0.2, 0) is 11.3 Å². The second-order valence-corrected chi connectivity index (χ2v) is 4.86. The van der Waals surface area contributed by atoms with Gasteiger partial charge < -0.3 is 15.0 Å². The lowest BCUT2D eigenvalue weighted by molar-refractivity contribution is -0.127. The van der Waals surface area contributed by atoms with E-state index in [-0.39, 0.29) is 5.91 Å². The van der Waals surface area contributed by atoms with E-state index in [1.54, 1.807) is 26.1 Å². The lowest BCUT2D eigenvalue weighted by atomic mass is 10.0. The van der Waals surface area contributed by atoms with Gasteiger partial charge in [0.05, 0.1) is 13.7 Å². The van der Waals surface area contributed by atoms with Crippen molar-refractivity contribution in [3.8, 4) is 5.75 Å². The molecule has 0 heterocycles. The highest BCUT2D eigenvalue weighted by molar-refractivity contribution is 5.91. The van der Waals surface area contributed by atoms with Gasteiger partial charge in [-0.15, -0.1) is 0 Å². The maximum atomic E-state index is 11.5. The Bertz CT molecular complexity index is 608. The van der Waals surface area contributed by atoms with Crippen LogP contribution >= 0.6 is 0 Å². The zero-order valence-electron chi connectivity index (χ0n) is 12.1. The number of methoxy groups -OCH3 is 1. The van der Waals surface area contributed by atoms with Crippen molar-refractivity contribution in [2.24, 2.45) is 0 Å². The molecule has 0 bridgehead atoms. The van der Waals surface area contributed by atoms with Gasteiger partial charge in [-0.1, -0.05) is 30.3 Å². The van der Waals surface area contributed by atoms with Crippen LogP contribution in [0.15, 0.2) is 36.4 Å². The maximum Gasteiger partial charge on any atom is 0.236 e. The van der Waals surface area contributed by atoms with Gasteiger partial charge in [-0.05, 0) is 17.0 Å². The fourth-order valence-electron chi connectivity index (χ4n) is 2.13. The molecule has 2 aromatic carbocycles. The minimum atomic E-state index is 0.0721. The third-order valence-electron chi connectivity index (χ3n) is 3.28. The zero-order chi connectivity index (χ0) is 14.5. The van der Waals surface area contributed by atoms with Crippen LogP contribution in [0, 0.1) is 0 Å². The number of carbonyl (C=O) groups is 1. The number of nitrogens with zero attached hydrogens (tertiary/aromatic N) is 1. The van der Waals surface area contributed by atoms with Gasteiger partial charge in [0.2, 0.25) is 5.91 Å². The molecule has 1 amide bonds. The molecule has 0 aromatic heterocycles. The van der Waals surface area contributed by atoms with Crippen molar-refractivity contribution in [2.45, 2.75) is 6.54 Å². The molecule has 0 unspecified atom stereocenters. The van der Waals surface area contributed by atoms with E-state index in [2.05, 4.69) is 11.4 Å². The summed E-state index contributed by atoms with van der Waals surface area (Å²) < 4.78 is 5.38. The average molecular weight is 272 g/mol. The van der Waals surface area contributed by atoms with Gasteiger partial charge in [-0.25, -0.2) is 0 Å². The van der Waals surface area contributed by atoms with Gasteiger partial charge in [0, 0.05) is 26.0 Å². The Kier molecular flexibility index (Phi) is 4.58. The number of ether oxygens (including phenoxy) is 1. The topological polar surface area (TPSA) is 41.6 Å². The Labute approximate surface area is 119 Å². The minimum Gasteiger partial charge on any atom is -0.496 e. The largest absolute Gasteiger partial charge is 0.496 e. The molecule has 106 valence electrons. The smallest absolute Gasteiger partial charge is 0.236 e. The molecule has 0 radical (unpaired) electrons. The Morgan fingerprint density at radius 2 is 1.85 bits per heavy atom. The number of nitrogens with one attached hydrogen (secondary N) is 1. The zero-order valence-corrected chi connectivity index (χ0v) is 12.1. The molecule has 0 aliphatic carbocycles. The molecule has 20 heavy (non-hydrogen) atoms. The number of carbonyl (C=O) groups excluding carboxylic acids is 1.